The molecule has 43 valence electrons. The monoisotopic (exact) mass is 307 g/mol. The van der Waals surface area contributed by atoms with Crippen LogP contribution in [0.4, 0.5) is 0 Å². The number of benzene rings is 1. The second-order valence-electron chi connectivity index (χ2n) is 2.12. The van der Waals surface area contributed by atoms with Crippen LogP contribution in [0.5, 0.6) is 0 Å². The Morgan fingerprint density at radius 2 is 2.00 bits per heavy atom. The van der Waals surface area contributed by atoms with Crippen LogP contribution >= 0.6 is 0 Å². The second-order valence-corrected chi connectivity index (χ2v) is 5.08. The van der Waals surface area contributed by atoms with Crippen LogP contribution in [-0.2, 0) is 32.5 Å². The van der Waals surface area contributed by atoms with E-state index >= 15 is 0 Å². The van der Waals surface area contributed by atoms with E-state index in [2.05, 4.69) is 31.2 Å². The zero-order chi connectivity index (χ0) is 6.69. The van der Waals surface area contributed by atoms with Crippen LogP contribution in [0.1, 0.15) is 12.5 Å². The number of rotatable bonds is 1. The van der Waals surface area contributed by atoms with E-state index in [0.29, 0.717) is 0 Å². The molecule has 0 atom stereocenters. The van der Waals surface area contributed by atoms with Gasteiger partial charge in [0.15, 0.2) is 0 Å². The van der Waals surface area contributed by atoms with Gasteiger partial charge in [0.1, 0.15) is 0 Å². The molecule has 0 fully saturated rings. The second kappa shape index (κ2) is 3.36. The van der Waals surface area contributed by atoms with Crippen molar-refractivity contribution in [3.63, 3.8) is 0 Å². The van der Waals surface area contributed by atoms with E-state index in [-0.39, 0.29) is 0 Å². The Hall–Kier alpha value is 0.155. The van der Waals surface area contributed by atoms with Crippen molar-refractivity contribution in [2.24, 2.45) is 0 Å². The van der Waals surface area contributed by atoms with Crippen molar-refractivity contribution in [2.45, 2.75) is 13.3 Å². The average molecular weight is 306 g/mol. The van der Waals surface area contributed by atoms with Crippen molar-refractivity contribution in [1.29, 1.82) is 0 Å². The predicted octanol–water partition coefficient (Wildman–Crippen LogP) is 1.42. The number of hydrogen-bond acceptors (Lipinski definition) is 0. The molecule has 0 nitrogen and oxygen atoms in total. The first kappa shape index (κ1) is 7.26. The molecule has 0 bridgehead atoms. The fourth-order valence-corrected chi connectivity index (χ4v) is 2.86. The van der Waals surface area contributed by atoms with E-state index < -0.39 is 0 Å². The van der Waals surface area contributed by atoms with Gasteiger partial charge in [0, 0.05) is 0 Å². The van der Waals surface area contributed by atoms with Gasteiger partial charge in [-0.05, 0) is 0 Å². The van der Waals surface area contributed by atoms with Gasteiger partial charge in [0.25, 0.3) is 0 Å². The molecule has 0 N–H and O–H groups in total. The van der Waals surface area contributed by atoms with Crippen molar-refractivity contribution >= 4 is 3.07 Å². The van der Waals surface area contributed by atoms with Gasteiger partial charge in [-0.3, -0.25) is 0 Å². The molecule has 0 aromatic heterocycles. The summed E-state index contributed by atoms with van der Waals surface area (Å²) in [6, 6.07) is 8.71. The topological polar surface area (TPSA) is 0 Å². The number of hydrogen-bond donors (Lipinski definition) is 0. The van der Waals surface area contributed by atoms with Gasteiger partial charge in [0.2, 0.25) is 0 Å². The van der Waals surface area contributed by atoms with Crippen LogP contribution < -0.4 is 3.07 Å². The van der Waals surface area contributed by atoms with Gasteiger partial charge < -0.3 is 0 Å². The molecule has 1 rings (SSSR count). The maximum atomic E-state index is 2.24. The number of aryl methyl sites for hydroxylation is 1. The fourth-order valence-electron chi connectivity index (χ4n) is 0.902. The third-order valence-corrected chi connectivity index (χ3v) is 4.18. The summed E-state index contributed by atoms with van der Waals surface area (Å²) < 4.78 is 1.60. The molecule has 0 aliphatic rings. The molecule has 0 unspecified atom stereocenters. The summed E-state index contributed by atoms with van der Waals surface area (Å²) in [5.41, 5.74) is 1.54. The Morgan fingerprint density at radius 1 is 1.33 bits per heavy atom. The SMILES string of the molecule is CCc1cccc[c]1[Hg]. The third-order valence-electron chi connectivity index (χ3n) is 1.50. The van der Waals surface area contributed by atoms with Gasteiger partial charge in [-0.15, -0.1) is 0 Å². The zero-order valence-electron chi connectivity index (χ0n) is 5.72. The fraction of sp³-hybridized carbons (Fsp3) is 0.250. The van der Waals surface area contributed by atoms with Crippen LogP contribution in [0.15, 0.2) is 24.3 Å². The summed E-state index contributed by atoms with van der Waals surface area (Å²) in [4.78, 5) is 0. The Balaban J connectivity index is 3.01. The Kier molecular flexibility index (Phi) is 2.71. The van der Waals surface area contributed by atoms with Crippen LogP contribution in [0, 0.1) is 0 Å². The van der Waals surface area contributed by atoms with Gasteiger partial charge >= 0.3 is 72.4 Å². The third kappa shape index (κ3) is 1.79. The quantitative estimate of drug-likeness (QED) is 0.689. The molecule has 1 aromatic carbocycles. The Bertz CT molecular complexity index is 194. The first-order valence-corrected chi connectivity index (χ1v) is 5.99. The molecule has 9 heavy (non-hydrogen) atoms. The molecule has 0 aliphatic heterocycles. The van der Waals surface area contributed by atoms with Crippen molar-refractivity contribution in [1.82, 2.24) is 0 Å². The van der Waals surface area contributed by atoms with E-state index in [4.69, 9.17) is 0 Å². The summed E-state index contributed by atoms with van der Waals surface area (Å²) in [6.07, 6.45) is 1.19. The standard InChI is InChI=1S/C8H9.Hg/c1-2-8-6-4-3-5-7-8;/h3-6H,2H2,1H3;. The molecule has 0 radical (unpaired) electrons. The molecule has 1 heteroatoms. The van der Waals surface area contributed by atoms with E-state index in [0.717, 1.165) is 26.1 Å². The minimum absolute atomic E-state index is 0.799. The van der Waals surface area contributed by atoms with Crippen molar-refractivity contribution in [3.8, 4) is 0 Å². The molecule has 0 spiro atoms. The predicted molar refractivity (Wildman–Crippen MR) is 35.5 cm³/mol. The van der Waals surface area contributed by atoms with Crippen LogP contribution in [-0.4, -0.2) is 0 Å². The molecular weight excluding hydrogens is 297 g/mol. The molecule has 1 aromatic rings. The van der Waals surface area contributed by atoms with E-state index in [1.54, 1.807) is 8.64 Å². The summed E-state index contributed by atoms with van der Waals surface area (Å²) in [5, 5.41) is 0. The summed E-state index contributed by atoms with van der Waals surface area (Å²) in [5.74, 6) is 0. The summed E-state index contributed by atoms with van der Waals surface area (Å²) in [7, 11) is 0. The van der Waals surface area contributed by atoms with Gasteiger partial charge in [-0.2, -0.15) is 0 Å². The van der Waals surface area contributed by atoms with Crippen LogP contribution in [0.3, 0.4) is 0 Å². The molecular formula is C8H9Hg. The minimum atomic E-state index is 0.799. The van der Waals surface area contributed by atoms with Gasteiger partial charge in [-0.25, -0.2) is 0 Å². The molecule has 0 amide bonds. The van der Waals surface area contributed by atoms with E-state index in [1.165, 1.54) is 6.42 Å². The molecule has 0 heterocycles. The first-order valence-electron chi connectivity index (χ1n) is 3.24. The average Bonchev–Trinajstić information content (AvgIpc) is 1.89. The van der Waals surface area contributed by atoms with Gasteiger partial charge in [-0.1, -0.05) is 0 Å². The first-order chi connectivity index (χ1) is 4.34. The van der Waals surface area contributed by atoms with Crippen LogP contribution in [0.2, 0.25) is 0 Å². The van der Waals surface area contributed by atoms with Crippen molar-refractivity contribution in [3.05, 3.63) is 29.8 Å². The van der Waals surface area contributed by atoms with Crippen molar-refractivity contribution < 1.29 is 26.1 Å². The maximum absolute atomic E-state index is 2.24. The van der Waals surface area contributed by atoms with Gasteiger partial charge in [0.05, 0.1) is 0 Å². The molecule has 0 saturated heterocycles. The van der Waals surface area contributed by atoms with Crippen LogP contribution in [0.25, 0.3) is 0 Å². The van der Waals surface area contributed by atoms with E-state index in [9.17, 15) is 0 Å². The van der Waals surface area contributed by atoms with E-state index in [1.807, 2.05) is 0 Å². The summed E-state index contributed by atoms with van der Waals surface area (Å²) in [6.45, 7) is 2.21. The zero-order valence-corrected chi connectivity index (χ0v) is 11.2. The van der Waals surface area contributed by atoms with Crippen molar-refractivity contribution in [2.75, 3.05) is 0 Å². The Morgan fingerprint density at radius 3 is 2.44 bits per heavy atom. The molecule has 0 aliphatic carbocycles. The Labute approximate surface area is 72.3 Å². The molecule has 0 saturated carbocycles. The normalized spacial score (nSPS) is 9.67. The summed E-state index contributed by atoms with van der Waals surface area (Å²) >= 11 is 0.799.